The molecule has 2 aromatic heterocycles. The van der Waals surface area contributed by atoms with Gasteiger partial charge >= 0.3 is 5.97 Å². The molecule has 100 valence electrons. The van der Waals surface area contributed by atoms with Gasteiger partial charge in [0.05, 0.1) is 7.11 Å². The van der Waals surface area contributed by atoms with E-state index in [9.17, 15) is 4.79 Å². The zero-order chi connectivity index (χ0) is 13.2. The molecule has 2 heterocycles. The summed E-state index contributed by atoms with van der Waals surface area (Å²) in [7, 11) is 1.44. The maximum atomic E-state index is 12.1. The van der Waals surface area contributed by atoms with Crippen molar-refractivity contribution in [3.05, 3.63) is 17.4 Å². The third-order valence-corrected chi connectivity index (χ3v) is 4.69. The molecule has 0 amide bonds. The number of fused-ring (bicyclic) bond motifs is 1. The highest BCUT2D eigenvalue weighted by atomic mass is 32.1. The van der Waals surface area contributed by atoms with Crippen LogP contribution in [0.25, 0.3) is 10.5 Å². The maximum Gasteiger partial charge on any atom is 0.315 e. The number of thiazole rings is 1. The van der Waals surface area contributed by atoms with E-state index in [2.05, 4.69) is 15.0 Å². The Hall–Kier alpha value is -1.56. The molecule has 0 spiro atoms. The molecule has 3 rings (SSSR count). The predicted octanol–water partition coefficient (Wildman–Crippen LogP) is 2.53. The SMILES string of the molecule is COC(=O)C(c1nc2nccnc2s1)C1CCCC1. The lowest BCUT2D eigenvalue weighted by Crippen LogP contribution is -2.21. The Labute approximate surface area is 115 Å². The molecule has 2 aromatic rings. The van der Waals surface area contributed by atoms with Crippen LogP contribution in [0.5, 0.6) is 0 Å². The molecule has 5 nitrogen and oxygen atoms in total. The minimum absolute atomic E-state index is 0.189. The van der Waals surface area contributed by atoms with E-state index in [1.165, 1.54) is 31.3 Å². The van der Waals surface area contributed by atoms with Gasteiger partial charge in [0.2, 0.25) is 0 Å². The summed E-state index contributed by atoms with van der Waals surface area (Å²) < 4.78 is 4.96. The van der Waals surface area contributed by atoms with Crippen molar-refractivity contribution in [1.82, 2.24) is 15.0 Å². The molecule has 0 radical (unpaired) electrons. The van der Waals surface area contributed by atoms with Crippen LogP contribution in [0.2, 0.25) is 0 Å². The van der Waals surface area contributed by atoms with Crippen LogP contribution in [-0.2, 0) is 9.53 Å². The lowest BCUT2D eigenvalue weighted by Gasteiger charge is -2.18. The van der Waals surface area contributed by atoms with Crippen LogP contribution in [0.1, 0.15) is 36.6 Å². The molecule has 1 fully saturated rings. The average molecular weight is 277 g/mol. The molecule has 1 atom stereocenters. The first-order valence-electron chi connectivity index (χ1n) is 6.45. The third-order valence-electron chi connectivity index (χ3n) is 3.66. The zero-order valence-electron chi connectivity index (χ0n) is 10.7. The van der Waals surface area contributed by atoms with Crippen LogP contribution in [0.15, 0.2) is 12.4 Å². The Morgan fingerprint density at radius 2 is 2.11 bits per heavy atom. The molecule has 6 heteroatoms. The van der Waals surface area contributed by atoms with Gasteiger partial charge in [-0.15, -0.1) is 0 Å². The van der Waals surface area contributed by atoms with Gasteiger partial charge in [-0.1, -0.05) is 24.2 Å². The monoisotopic (exact) mass is 277 g/mol. The first kappa shape index (κ1) is 12.5. The number of esters is 1. The fraction of sp³-hybridized carbons (Fsp3) is 0.538. The number of carbonyl (C=O) groups excluding carboxylic acids is 1. The Balaban J connectivity index is 2.00. The van der Waals surface area contributed by atoms with Crippen LogP contribution in [0, 0.1) is 5.92 Å². The summed E-state index contributed by atoms with van der Waals surface area (Å²) in [5.74, 6) is -0.104. The Kier molecular flexibility index (Phi) is 3.42. The van der Waals surface area contributed by atoms with Crippen LogP contribution >= 0.6 is 11.3 Å². The van der Waals surface area contributed by atoms with Crippen LogP contribution < -0.4 is 0 Å². The smallest absolute Gasteiger partial charge is 0.315 e. The Morgan fingerprint density at radius 3 is 2.79 bits per heavy atom. The molecule has 1 unspecified atom stereocenters. The molecule has 0 aromatic carbocycles. The van der Waals surface area contributed by atoms with Crippen molar-refractivity contribution in [3.8, 4) is 0 Å². The van der Waals surface area contributed by atoms with Gasteiger partial charge in [0.15, 0.2) is 10.5 Å². The molecule has 19 heavy (non-hydrogen) atoms. The average Bonchev–Trinajstić information content (AvgIpc) is 3.07. The van der Waals surface area contributed by atoms with Crippen LogP contribution in [0.4, 0.5) is 0 Å². The molecule has 0 aliphatic heterocycles. The highest BCUT2D eigenvalue weighted by molar-refractivity contribution is 7.18. The molecule has 0 saturated heterocycles. The van der Waals surface area contributed by atoms with Crippen molar-refractivity contribution < 1.29 is 9.53 Å². The standard InChI is InChI=1S/C13H15N3O2S/c1-18-13(17)9(8-4-2-3-5-8)11-16-10-12(19-11)15-7-6-14-10/h6-9H,2-5H2,1H3. The van der Waals surface area contributed by atoms with E-state index in [0.717, 1.165) is 22.7 Å². The predicted molar refractivity (Wildman–Crippen MR) is 71.9 cm³/mol. The van der Waals surface area contributed by atoms with Crippen LogP contribution in [0.3, 0.4) is 0 Å². The summed E-state index contributed by atoms with van der Waals surface area (Å²) in [6, 6.07) is 0. The van der Waals surface area contributed by atoms with Crippen molar-refractivity contribution in [3.63, 3.8) is 0 Å². The van der Waals surface area contributed by atoms with E-state index >= 15 is 0 Å². The van der Waals surface area contributed by atoms with Crippen molar-refractivity contribution in [2.24, 2.45) is 5.92 Å². The normalized spacial score (nSPS) is 17.7. The third kappa shape index (κ3) is 2.32. The number of carbonyl (C=O) groups is 1. The van der Waals surface area contributed by atoms with Gasteiger partial charge in [-0.2, -0.15) is 0 Å². The second-order valence-electron chi connectivity index (χ2n) is 4.78. The second kappa shape index (κ2) is 5.21. The highest BCUT2D eigenvalue weighted by Crippen LogP contribution is 2.40. The molecular formula is C13H15N3O2S. The number of hydrogen-bond donors (Lipinski definition) is 0. The van der Waals surface area contributed by atoms with E-state index in [1.807, 2.05) is 0 Å². The summed E-state index contributed by atoms with van der Waals surface area (Å²) in [6.45, 7) is 0. The van der Waals surface area contributed by atoms with Gasteiger partial charge in [-0.3, -0.25) is 4.79 Å². The molecule has 1 aliphatic rings. The summed E-state index contributed by atoms with van der Waals surface area (Å²) >= 11 is 1.45. The van der Waals surface area contributed by atoms with E-state index < -0.39 is 0 Å². The fourth-order valence-electron chi connectivity index (χ4n) is 2.74. The first-order valence-corrected chi connectivity index (χ1v) is 7.26. The molecular weight excluding hydrogens is 262 g/mol. The summed E-state index contributed by atoms with van der Waals surface area (Å²) in [6.07, 6.45) is 7.76. The number of aromatic nitrogens is 3. The molecule has 0 bridgehead atoms. The topological polar surface area (TPSA) is 65.0 Å². The highest BCUT2D eigenvalue weighted by Gasteiger charge is 2.35. The number of rotatable bonds is 3. The number of ether oxygens (including phenoxy) is 1. The number of hydrogen-bond acceptors (Lipinski definition) is 6. The molecule has 0 N–H and O–H groups in total. The van der Waals surface area contributed by atoms with Crippen molar-refractivity contribution in [1.29, 1.82) is 0 Å². The first-order chi connectivity index (χ1) is 9.29. The molecule has 1 aliphatic carbocycles. The second-order valence-corrected chi connectivity index (χ2v) is 5.79. The Bertz CT molecular complexity index is 559. The minimum Gasteiger partial charge on any atom is -0.468 e. The number of methoxy groups -OCH3 is 1. The van der Waals surface area contributed by atoms with Gasteiger partial charge < -0.3 is 4.74 Å². The van der Waals surface area contributed by atoms with Crippen molar-refractivity contribution >= 4 is 27.8 Å². The van der Waals surface area contributed by atoms with Gasteiger partial charge in [-0.05, 0) is 18.8 Å². The maximum absolute atomic E-state index is 12.1. The van der Waals surface area contributed by atoms with Crippen molar-refractivity contribution in [2.45, 2.75) is 31.6 Å². The largest absolute Gasteiger partial charge is 0.468 e. The zero-order valence-corrected chi connectivity index (χ0v) is 11.5. The van der Waals surface area contributed by atoms with E-state index in [4.69, 9.17) is 4.74 Å². The summed E-state index contributed by atoms with van der Waals surface area (Å²) in [5, 5.41) is 0.792. The van der Waals surface area contributed by atoms with E-state index in [-0.39, 0.29) is 11.9 Å². The van der Waals surface area contributed by atoms with Crippen molar-refractivity contribution in [2.75, 3.05) is 7.11 Å². The summed E-state index contributed by atoms with van der Waals surface area (Å²) in [5.41, 5.74) is 0.620. The van der Waals surface area contributed by atoms with Gasteiger partial charge in [0.1, 0.15) is 10.9 Å². The van der Waals surface area contributed by atoms with Gasteiger partial charge in [-0.25, -0.2) is 15.0 Å². The van der Waals surface area contributed by atoms with E-state index in [0.29, 0.717) is 11.6 Å². The fourth-order valence-corrected chi connectivity index (χ4v) is 3.79. The summed E-state index contributed by atoms with van der Waals surface area (Å²) in [4.78, 5) is 25.8. The lowest BCUT2D eigenvalue weighted by molar-refractivity contribution is -0.143. The van der Waals surface area contributed by atoms with Gasteiger partial charge in [0.25, 0.3) is 0 Å². The van der Waals surface area contributed by atoms with Gasteiger partial charge in [0, 0.05) is 12.4 Å². The van der Waals surface area contributed by atoms with E-state index in [1.54, 1.807) is 12.4 Å². The lowest BCUT2D eigenvalue weighted by atomic mass is 9.91. The quantitative estimate of drug-likeness (QED) is 0.807. The number of nitrogens with zero attached hydrogens (tertiary/aromatic N) is 3. The molecule has 1 saturated carbocycles. The van der Waals surface area contributed by atoms with Crippen LogP contribution in [-0.4, -0.2) is 28.0 Å². The Morgan fingerprint density at radius 1 is 1.37 bits per heavy atom. The minimum atomic E-state index is -0.256.